The van der Waals surface area contributed by atoms with E-state index in [0.717, 1.165) is 13.1 Å². The SMILES string of the molecule is C=CCOCc1cccc(CNCC(C)C)c1. The summed E-state index contributed by atoms with van der Waals surface area (Å²) in [5, 5.41) is 3.44. The lowest BCUT2D eigenvalue weighted by molar-refractivity contribution is 0.149. The maximum atomic E-state index is 5.43. The molecule has 94 valence electrons. The first-order valence-electron chi connectivity index (χ1n) is 6.19. The number of rotatable bonds is 8. The van der Waals surface area contributed by atoms with Gasteiger partial charge in [0, 0.05) is 6.54 Å². The first-order chi connectivity index (χ1) is 8.22. The van der Waals surface area contributed by atoms with E-state index in [2.05, 4.69) is 50.0 Å². The van der Waals surface area contributed by atoms with Gasteiger partial charge in [0.15, 0.2) is 0 Å². The summed E-state index contributed by atoms with van der Waals surface area (Å²) >= 11 is 0. The average Bonchev–Trinajstić information content (AvgIpc) is 2.29. The van der Waals surface area contributed by atoms with Crippen LogP contribution in [0.1, 0.15) is 25.0 Å². The fourth-order valence-corrected chi connectivity index (χ4v) is 1.59. The summed E-state index contributed by atoms with van der Waals surface area (Å²) in [6, 6.07) is 8.51. The smallest absolute Gasteiger partial charge is 0.0721 e. The molecular weight excluding hydrogens is 210 g/mol. The van der Waals surface area contributed by atoms with Crippen LogP contribution in [0.15, 0.2) is 36.9 Å². The van der Waals surface area contributed by atoms with E-state index in [-0.39, 0.29) is 0 Å². The van der Waals surface area contributed by atoms with Crippen molar-refractivity contribution in [1.29, 1.82) is 0 Å². The van der Waals surface area contributed by atoms with E-state index in [0.29, 0.717) is 19.1 Å². The fraction of sp³-hybridized carbons (Fsp3) is 0.467. The average molecular weight is 233 g/mol. The highest BCUT2D eigenvalue weighted by molar-refractivity contribution is 5.22. The standard InChI is InChI=1S/C15H23NO/c1-4-8-17-12-15-7-5-6-14(9-15)11-16-10-13(2)3/h4-7,9,13,16H,1,8,10-12H2,2-3H3. The van der Waals surface area contributed by atoms with Gasteiger partial charge in [0.2, 0.25) is 0 Å². The lowest BCUT2D eigenvalue weighted by Crippen LogP contribution is -2.18. The minimum Gasteiger partial charge on any atom is -0.373 e. The van der Waals surface area contributed by atoms with Gasteiger partial charge in [-0.2, -0.15) is 0 Å². The van der Waals surface area contributed by atoms with Crippen LogP contribution in [0, 0.1) is 5.92 Å². The largest absolute Gasteiger partial charge is 0.373 e. The molecule has 0 aromatic heterocycles. The molecule has 0 unspecified atom stereocenters. The van der Waals surface area contributed by atoms with E-state index in [9.17, 15) is 0 Å². The van der Waals surface area contributed by atoms with Gasteiger partial charge in [0.05, 0.1) is 13.2 Å². The Labute approximate surface area is 105 Å². The van der Waals surface area contributed by atoms with E-state index >= 15 is 0 Å². The van der Waals surface area contributed by atoms with E-state index in [1.807, 2.05) is 0 Å². The Kier molecular flexibility index (Phi) is 6.60. The summed E-state index contributed by atoms with van der Waals surface area (Å²) in [6.45, 7) is 11.3. The Hall–Kier alpha value is -1.12. The van der Waals surface area contributed by atoms with Crippen LogP contribution in [0.25, 0.3) is 0 Å². The molecule has 0 aliphatic heterocycles. The van der Waals surface area contributed by atoms with Crippen molar-refractivity contribution >= 4 is 0 Å². The van der Waals surface area contributed by atoms with Crippen LogP contribution in [0.3, 0.4) is 0 Å². The van der Waals surface area contributed by atoms with Gasteiger partial charge in [-0.25, -0.2) is 0 Å². The third kappa shape index (κ3) is 6.25. The van der Waals surface area contributed by atoms with Crippen molar-refractivity contribution in [3.8, 4) is 0 Å². The topological polar surface area (TPSA) is 21.3 Å². The third-order valence-corrected chi connectivity index (χ3v) is 2.38. The minimum absolute atomic E-state index is 0.607. The summed E-state index contributed by atoms with van der Waals surface area (Å²) in [5.41, 5.74) is 2.53. The predicted molar refractivity (Wildman–Crippen MR) is 72.8 cm³/mol. The molecular formula is C15H23NO. The van der Waals surface area contributed by atoms with Crippen molar-refractivity contribution in [3.05, 3.63) is 48.0 Å². The fourth-order valence-electron chi connectivity index (χ4n) is 1.59. The molecule has 0 radical (unpaired) electrons. The quantitative estimate of drug-likeness (QED) is 0.550. The lowest BCUT2D eigenvalue weighted by atomic mass is 10.1. The molecule has 2 heteroatoms. The monoisotopic (exact) mass is 233 g/mol. The molecule has 0 spiro atoms. The Morgan fingerprint density at radius 3 is 2.82 bits per heavy atom. The molecule has 17 heavy (non-hydrogen) atoms. The molecule has 0 aliphatic carbocycles. The maximum absolute atomic E-state index is 5.43. The Balaban J connectivity index is 2.39. The number of nitrogens with one attached hydrogen (secondary N) is 1. The van der Waals surface area contributed by atoms with Crippen molar-refractivity contribution in [2.45, 2.75) is 27.0 Å². The van der Waals surface area contributed by atoms with Crippen molar-refractivity contribution in [3.63, 3.8) is 0 Å². The zero-order valence-electron chi connectivity index (χ0n) is 10.9. The molecule has 1 aromatic rings. The molecule has 1 rings (SSSR count). The van der Waals surface area contributed by atoms with Gasteiger partial charge in [0.1, 0.15) is 0 Å². The second kappa shape index (κ2) is 8.04. The Morgan fingerprint density at radius 1 is 1.35 bits per heavy atom. The number of ether oxygens (including phenoxy) is 1. The number of hydrogen-bond acceptors (Lipinski definition) is 2. The molecule has 2 nitrogen and oxygen atoms in total. The molecule has 0 saturated carbocycles. The van der Waals surface area contributed by atoms with Crippen LogP contribution in [0.5, 0.6) is 0 Å². The third-order valence-electron chi connectivity index (χ3n) is 2.38. The minimum atomic E-state index is 0.607. The summed E-state index contributed by atoms with van der Waals surface area (Å²) < 4.78 is 5.43. The van der Waals surface area contributed by atoms with Crippen LogP contribution in [-0.2, 0) is 17.9 Å². The van der Waals surface area contributed by atoms with Gasteiger partial charge in [-0.1, -0.05) is 44.2 Å². The van der Waals surface area contributed by atoms with E-state index in [4.69, 9.17) is 4.74 Å². The maximum Gasteiger partial charge on any atom is 0.0721 e. The van der Waals surface area contributed by atoms with Crippen LogP contribution >= 0.6 is 0 Å². The zero-order valence-corrected chi connectivity index (χ0v) is 10.9. The molecule has 0 atom stereocenters. The highest BCUT2D eigenvalue weighted by Crippen LogP contribution is 2.06. The molecule has 0 amide bonds. The van der Waals surface area contributed by atoms with Crippen molar-refractivity contribution in [1.82, 2.24) is 5.32 Å². The second-order valence-corrected chi connectivity index (χ2v) is 4.65. The molecule has 0 saturated heterocycles. The zero-order chi connectivity index (χ0) is 12.5. The van der Waals surface area contributed by atoms with Crippen LogP contribution < -0.4 is 5.32 Å². The van der Waals surface area contributed by atoms with Gasteiger partial charge in [-0.05, 0) is 23.6 Å². The number of benzene rings is 1. The molecule has 1 N–H and O–H groups in total. The Morgan fingerprint density at radius 2 is 2.12 bits per heavy atom. The van der Waals surface area contributed by atoms with E-state index < -0.39 is 0 Å². The summed E-state index contributed by atoms with van der Waals surface area (Å²) in [4.78, 5) is 0. The normalized spacial score (nSPS) is 10.8. The first-order valence-corrected chi connectivity index (χ1v) is 6.19. The molecule has 0 aliphatic rings. The van der Waals surface area contributed by atoms with E-state index in [1.54, 1.807) is 6.08 Å². The predicted octanol–water partition coefficient (Wildman–Crippen LogP) is 3.13. The lowest BCUT2D eigenvalue weighted by Gasteiger charge is -2.09. The van der Waals surface area contributed by atoms with E-state index in [1.165, 1.54) is 11.1 Å². The van der Waals surface area contributed by atoms with Crippen LogP contribution in [0.4, 0.5) is 0 Å². The van der Waals surface area contributed by atoms with Crippen LogP contribution in [0.2, 0.25) is 0 Å². The highest BCUT2D eigenvalue weighted by atomic mass is 16.5. The van der Waals surface area contributed by atoms with Gasteiger partial charge >= 0.3 is 0 Å². The Bertz CT molecular complexity index is 333. The summed E-state index contributed by atoms with van der Waals surface area (Å²) in [7, 11) is 0. The van der Waals surface area contributed by atoms with Gasteiger partial charge in [-0.3, -0.25) is 0 Å². The molecule has 1 aromatic carbocycles. The van der Waals surface area contributed by atoms with Crippen molar-refractivity contribution in [2.75, 3.05) is 13.2 Å². The molecule has 0 heterocycles. The summed E-state index contributed by atoms with van der Waals surface area (Å²) in [6.07, 6.45) is 1.77. The van der Waals surface area contributed by atoms with Gasteiger partial charge < -0.3 is 10.1 Å². The van der Waals surface area contributed by atoms with Crippen LogP contribution in [-0.4, -0.2) is 13.2 Å². The summed E-state index contributed by atoms with van der Waals surface area (Å²) in [5.74, 6) is 0.689. The second-order valence-electron chi connectivity index (χ2n) is 4.65. The van der Waals surface area contributed by atoms with Crippen molar-refractivity contribution in [2.24, 2.45) is 5.92 Å². The molecule has 0 fully saturated rings. The highest BCUT2D eigenvalue weighted by Gasteiger charge is 1.97. The number of hydrogen-bond donors (Lipinski definition) is 1. The van der Waals surface area contributed by atoms with Gasteiger partial charge in [-0.15, -0.1) is 6.58 Å². The molecule has 0 bridgehead atoms. The van der Waals surface area contributed by atoms with Gasteiger partial charge in [0.25, 0.3) is 0 Å². The first kappa shape index (κ1) is 13.9. The van der Waals surface area contributed by atoms with Crippen molar-refractivity contribution < 1.29 is 4.74 Å².